The van der Waals surface area contributed by atoms with E-state index in [0.29, 0.717) is 6.42 Å². The van der Waals surface area contributed by atoms with Gasteiger partial charge in [0.2, 0.25) is 0 Å². The molecule has 2 aromatic carbocycles. The summed E-state index contributed by atoms with van der Waals surface area (Å²) >= 11 is 6.52. The molecular formula is C22H26NO3PS2. The molecule has 29 heavy (non-hydrogen) atoms. The van der Waals surface area contributed by atoms with Gasteiger partial charge in [-0.15, -0.1) is 0 Å². The van der Waals surface area contributed by atoms with Crippen molar-refractivity contribution in [1.29, 1.82) is 0 Å². The number of hydrogen-bond acceptors (Lipinski definition) is 6. The van der Waals surface area contributed by atoms with Crippen LogP contribution in [0.25, 0.3) is 0 Å². The minimum absolute atomic E-state index is 0.0187. The zero-order valence-electron chi connectivity index (χ0n) is 16.7. The van der Waals surface area contributed by atoms with Gasteiger partial charge in [-0.1, -0.05) is 73.5 Å². The third-order valence-corrected chi connectivity index (χ3v) is 10.1. The van der Waals surface area contributed by atoms with E-state index in [1.807, 2.05) is 43.3 Å². The van der Waals surface area contributed by atoms with Gasteiger partial charge in [0.25, 0.3) is 5.69 Å². The zero-order valence-corrected chi connectivity index (χ0v) is 19.3. The third-order valence-electron chi connectivity index (χ3n) is 5.38. The highest BCUT2D eigenvalue weighted by Crippen LogP contribution is 2.59. The fourth-order valence-corrected chi connectivity index (χ4v) is 5.51. The molecule has 0 radical (unpaired) electrons. The lowest BCUT2D eigenvalue weighted by Crippen LogP contribution is -2.51. The van der Waals surface area contributed by atoms with Crippen LogP contribution in [0.1, 0.15) is 36.6 Å². The molecule has 2 N–H and O–H groups in total. The van der Waals surface area contributed by atoms with Crippen molar-refractivity contribution >= 4 is 28.9 Å². The van der Waals surface area contributed by atoms with Gasteiger partial charge in [-0.05, 0) is 28.2 Å². The first kappa shape index (κ1) is 22.5. The molecule has 0 bridgehead atoms. The van der Waals surface area contributed by atoms with E-state index in [2.05, 4.69) is 40.8 Å². The number of aliphatic hydroxyl groups is 1. The molecule has 4 atom stereocenters. The molecule has 3 rings (SSSR count). The van der Waals surface area contributed by atoms with Gasteiger partial charge in [-0.2, -0.15) is 0 Å². The maximum Gasteiger partial charge on any atom is 0.259 e. The standard InChI is InChI=1S/C22H26NO3PS2/c1-17-21(19-12-8-5-9-13-19)23-20(18-10-6-4-7-11-18)16-22(17,24)14-15-29-27(28,25-2)26-3/h4-13,17,20-21,23-24H,16H2,1-3H3/t17-,20-,21+,22+/m1/s1. The van der Waals surface area contributed by atoms with Gasteiger partial charge in [0.05, 0.1) is 0 Å². The molecule has 1 aliphatic rings. The number of rotatable bonds is 5. The molecule has 0 saturated carbocycles. The molecule has 0 spiro atoms. The molecular weight excluding hydrogens is 421 g/mol. The summed E-state index contributed by atoms with van der Waals surface area (Å²) < 4.78 is 10.6. The molecule has 7 heteroatoms. The first-order valence-electron chi connectivity index (χ1n) is 9.41. The monoisotopic (exact) mass is 447 g/mol. The smallest absolute Gasteiger partial charge is 0.259 e. The summed E-state index contributed by atoms with van der Waals surface area (Å²) in [5, 5.41) is 18.3. The largest absolute Gasteiger partial charge is 0.377 e. The van der Waals surface area contributed by atoms with E-state index in [-0.39, 0.29) is 18.0 Å². The molecule has 4 nitrogen and oxygen atoms in total. The lowest BCUT2D eigenvalue weighted by molar-refractivity contribution is -0.0196. The molecule has 0 amide bonds. The van der Waals surface area contributed by atoms with Gasteiger partial charge in [-0.25, -0.2) is 0 Å². The Hall–Kier alpha value is -1.16. The van der Waals surface area contributed by atoms with Crippen LogP contribution < -0.4 is 5.32 Å². The molecule has 0 aromatic heterocycles. The van der Waals surface area contributed by atoms with E-state index in [9.17, 15) is 5.11 Å². The Morgan fingerprint density at radius 2 is 1.62 bits per heavy atom. The SMILES string of the molecule is COP(=S)(OC)SC#C[C@]1(O)C[C@H](c2ccccc2)N[C@H](c2ccccc2)[C@H]1C. The van der Waals surface area contributed by atoms with Gasteiger partial charge in [0.1, 0.15) is 5.60 Å². The van der Waals surface area contributed by atoms with Crippen molar-refractivity contribution in [3.05, 3.63) is 71.8 Å². The third kappa shape index (κ3) is 5.31. The topological polar surface area (TPSA) is 50.7 Å². The van der Waals surface area contributed by atoms with E-state index in [4.69, 9.17) is 20.9 Å². The van der Waals surface area contributed by atoms with Crippen molar-refractivity contribution in [2.24, 2.45) is 5.92 Å². The van der Waals surface area contributed by atoms with Gasteiger partial charge < -0.3 is 19.5 Å². The maximum atomic E-state index is 11.6. The lowest BCUT2D eigenvalue weighted by atomic mass is 9.72. The Labute approximate surface area is 182 Å². The highest BCUT2D eigenvalue weighted by Gasteiger charge is 2.45. The Morgan fingerprint density at radius 3 is 2.17 bits per heavy atom. The van der Waals surface area contributed by atoms with Crippen LogP contribution in [-0.4, -0.2) is 24.9 Å². The van der Waals surface area contributed by atoms with E-state index in [0.717, 1.165) is 22.5 Å². The summed E-state index contributed by atoms with van der Waals surface area (Å²) in [6, 6.07) is 20.3. The molecule has 0 unspecified atom stereocenters. The van der Waals surface area contributed by atoms with Crippen molar-refractivity contribution in [1.82, 2.24) is 5.32 Å². The van der Waals surface area contributed by atoms with Crippen LogP contribution in [-0.2, 0) is 20.9 Å². The number of nitrogens with one attached hydrogen (secondary N) is 1. The molecule has 154 valence electrons. The van der Waals surface area contributed by atoms with Crippen molar-refractivity contribution in [3.63, 3.8) is 0 Å². The Bertz CT molecular complexity index is 908. The van der Waals surface area contributed by atoms with Gasteiger partial charge in [0.15, 0.2) is 0 Å². The van der Waals surface area contributed by atoms with E-state index in [1.54, 1.807) is 0 Å². The molecule has 1 heterocycles. The molecule has 1 aliphatic heterocycles. The van der Waals surface area contributed by atoms with Gasteiger partial charge in [0, 0.05) is 50.0 Å². The number of hydrogen-bond donors (Lipinski definition) is 2. The average Bonchev–Trinajstić information content (AvgIpc) is 2.76. The first-order chi connectivity index (χ1) is 13.9. The molecule has 1 saturated heterocycles. The Morgan fingerprint density at radius 1 is 1.07 bits per heavy atom. The minimum atomic E-state index is -2.50. The molecule has 1 fully saturated rings. The summed E-state index contributed by atoms with van der Waals surface area (Å²) in [5.41, 5.74) is -1.41. The highest BCUT2D eigenvalue weighted by molar-refractivity contribution is 8.69. The highest BCUT2D eigenvalue weighted by atomic mass is 32.9. The molecule has 0 aliphatic carbocycles. The zero-order chi connectivity index (χ0) is 20.9. The maximum absolute atomic E-state index is 11.6. The minimum Gasteiger partial charge on any atom is -0.377 e. The lowest BCUT2D eigenvalue weighted by Gasteiger charge is -2.45. The summed E-state index contributed by atoms with van der Waals surface area (Å²) in [6.45, 7) is 2.04. The van der Waals surface area contributed by atoms with Crippen LogP contribution >= 0.6 is 17.1 Å². The van der Waals surface area contributed by atoms with Crippen molar-refractivity contribution in [3.8, 4) is 11.2 Å². The summed E-state index contributed by atoms with van der Waals surface area (Å²) in [7, 11) is 3.05. The molecule has 2 aromatic rings. The Kier molecular flexibility index (Phi) is 7.58. The van der Waals surface area contributed by atoms with E-state index >= 15 is 0 Å². The second-order valence-corrected chi connectivity index (χ2v) is 13.2. The average molecular weight is 448 g/mol. The van der Waals surface area contributed by atoms with Gasteiger partial charge >= 0.3 is 0 Å². The predicted molar refractivity (Wildman–Crippen MR) is 124 cm³/mol. The van der Waals surface area contributed by atoms with Crippen LogP contribution in [0.3, 0.4) is 0 Å². The van der Waals surface area contributed by atoms with Crippen molar-refractivity contribution in [2.45, 2.75) is 31.0 Å². The van der Waals surface area contributed by atoms with E-state index in [1.165, 1.54) is 14.2 Å². The summed E-state index contributed by atoms with van der Waals surface area (Å²) in [4.78, 5) is 0. The summed E-state index contributed by atoms with van der Waals surface area (Å²) in [5.74, 6) is 2.98. The van der Waals surface area contributed by atoms with Crippen LogP contribution in [0.2, 0.25) is 0 Å². The van der Waals surface area contributed by atoms with Crippen LogP contribution in [0.15, 0.2) is 60.7 Å². The second-order valence-electron chi connectivity index (χ2n) is 7.07. The van der Waals surface area contributed by atoms with Crippen molar-refractivity contribution in [2.75, 3.05) is 14.2 Å². The summed E-state index contributed by atoms with van der Waals surface area (Å²) in [6.07, 6.45) is 0.484. The van der Waals surface area contributed by atoms with Crippen LogP contribution in [0, 0.1) is 17.1 Å². The first-order valence-corrected chi connectivity index (χ1v) is 13.5. The van der Waals surface area contributed by atoms with Crippen molar-refractivity contribution < 1.29 is 14.2 Å². The van der Waals surface area contributed by atoms with Crippen LogP contribution in [0.5, 0.6) is 0 Å². The number of piperidine rings is 1. The fourth-order valence-electron chi connectivity index (χ4n) is 3.62. The number of benzene rings is 2. The van der Waals surface area contributed by atoms with Crippen LogP contribution in [0.4, 0.5) is 0 Å². The quantitative estimate of drug-likeness (QED) is 0.495. The second kappa shape index (κ2) is 9.76. The Balaban J connectivity index is 1.95. The normalized spacial score (nSPS) is 27.1. The van der Waals surface area contributed by atoms with Gasteiger partial charge in [-0.3, -0.25) is 0 Å². The van der Waals surface area contributed by atoms with E-state index < -0.39 is 11.3 Å². The fraction of sp³-hybridized carbons (Fsp3) is 0.364. The predicted octanol–water partition coefficient (Wildman–Crippen LogP) is 5.04.